The summed E-state index contributed by atoms with van der Waals surface area (Å²) in [5.74, 6) is -0.855. The van der Waals surface area contributed by atoms with Gasteiger partial charge in [0.05, 0.1) is 13.2 Å². The number of allylic oxidation sites excluding steroid dienone is 8. The molecular weight excluding hydrogens is 689 g/mol. The first-order valence-corrected chi connectivity index (χ1v) is 22.6. The Labute approximate surface area is 324 Å². The van der Waals surface area contributed by atoms with Gasteiger partial charge in [-0.2, -0.15) is 0 Å². The summed E-state index contributed by atoms with van der Waals surface area (Å²) >= 11 is 0. The summed E-state index contributed by atoms with van der Waals surface area (Å²) in [6, 6.07) is 0. The van der Waals surface area contributed by atoms with Gasteiger partial charge >= 0.3 is 19.8 Å². The van der Waals surface area contributed by atoms with Crippen LogP contribution < -0.4 is 5.73 Å². The molecule has 0 saturated carbocycles. The SMILES string of the molecule is CCCCCC=CCC=CCC=CCCCCCCCCC(=O)OC(COC(=O)CCCCCCCC=CCCCCCC)COP(=O)(O)OCCN. The Kier molecular flexibility index (Phi) is 38.1. The maximum atomic E-state index is 12.6. The van der Waals surface area contributed by atoms with Crippen molar-refractivity contribution in [2.75, 3.05) is 26.4 Å². The molecule has 0 rings (SSSR count). The first-order chi connectivity index (χ1) is 25.8. The molecule has 0 aromatic heterocycles. The van der Waals surface area contributed by atoms with Crippen molar-refractivity contribution in [2.45, 2.75) is 187 Å². The van der Waals surface area contributed by atoms with Crippen LogP contribution in [0.4, 0.5) is 0 Å². The van der Waals surface area contributed by atoms with Crippen LogP contribution in [-0.4, -0.2) is 49.3 Å². The van der Waals surface area contributed by atoms with Gasteiger partial charge < -0.3 is 20.1 Å². The van der Waals surface area contributed by atoms with Gasteiger partial charge in [-0.25, -0.2) is 4.57 Å². The molecule has 0 amide bonds. The van der Waals surface area contributed by atoms with Gasteiger partial charge in [-0.15, -0.1) is 0 Å². The van der Waals surface area contributed by atoms with Gasteiger partial charge in [-0.3, -0.25) is 18.6 Å². The molecule has 2 unspecified atom stereocenters. The standard InChI is InChI=1S/C43H78NO8P/c1-3-5-7-9-11-13-15-17-18-19-20-21-22-24-26-28-30-32-34-36-43(46)52-41(40-51-53(47,48)50-38-37-44)39-49-42(45)35-33-31-29-27-25-23-16-14-12-10-8-6-4-2/h11,13-14,16-18,20-21,41H,3-10,12,15,19,22-40,44H2,1-2H3,(H,47,48). The van der Waals surface area contributed by atoms with Crippen LogP contribution in [0.5, 0.6) is 0 Å². The quantitative estimate of drug-likeness (QED) is 0.0271. The number of phosphoric ester groups is 1. The van der Waals surface area contributed by atoms with E-state index >= 15 is 0 Å². The number of hydrogen-bond acceptors (Lipinski definition) is 8. The molecule has 0 saturated heterocycles. The van der Waals surface area contributed by atoms with Gasteiger partial charge in [0.15, 0.2) is 6.10 Å². The summed E-state index contributed by atoms with van der Waals surface area (Å²) in [4.78, 5) is 34.8. The van der Waals surface area contributed by atoms with Gasteiger partial charge in [0.25, 0.3) is 0 Å². The number of carbonyl (C=O) groups is 2. The fourth-order valence-electron chi connectivity index (χ4n) is 5.52. The lowest BCUT2D eigenvalue weighted by atomic mass is 10.1. The summed E-state index contributed by atoms with van der Waals surface area (Å²) in [6.07, 6.45) is 44.2. The number of ether oxygens (including phenoxy) is 2. The number of esters is 2. The van der Waals surface area contributed by atoms with Crippen molar-refractivity contribution >= 4 is 19.8 Å². The first-order valence-electron chi connectivity index (χ1n) is 21.1. The van der Waals surface area contributed by atoms with E-state index in [0.29, 0.717) is 6.42 Å². The Morgan fingerprint density at radius 1 is 0.566 bits per heavy atom. The zero-order valence-electron chi connectivity index (χ0n) is 33.7. The van der Waals surface area contributed by atoms with Crippen molar-refractivity contribution in [3.8, 4) is 0 Å². The molecule has 53 heavy (non-hydrogen) atoms. The van der Waals surface area contributed by atoms with Gasteiger partial charge in [0, 0.05) is 19.4 Å². The number of rotatable bonds is 39. The van der Waals surface area contributed by atoms with Crippen molar-refractivity contribution < 1.29 is 37.6 Å². The molecule has 0 aliphatic rings. The molecular formula is C43H78NO8P. The molecule has 0 aromatic carbocycles. The lowest BCUT2D eigenvalue weighted by molar-refractivity contribution is -0.161. The number of nitrogens with two attached hydrogens (primary N) is 1. The summed E-state index contributed by atoms with van der Waals surface area (Å²) in [5.41, 5.74) is 5.34. The largest absolute Gasteiger partial charge is 0.472 e. The third-order valence-corrected chi connectivity index (χ3v) is 9.67. The highest BCUT2D eigenvalue weighted by atomic mass is 31.2. The molecule has 0 radical (unpaired) electrons. The van der Waals surface area contributed by atoms with Crippen LogP contribution in [0, 0.1) is 0 Å². The fraction of sp³-hybridized carbons (Fsp3) is 0.767. The smallest absolute Gasteiger partial charge is 0.462 e. The van der Waals surface area contributed by atoms with E-state index in [1.165, 1.54) is 57.8 Å². The van der Waals surface area contributed by atoms with Crippen LogP contribution in [0.1, 0.15) is 181 Å². The monoisotopic (exact) mass is 768 g/mol. The van der Waals surface area contributed by atoms with E-state index in [0.717, 1.165) is 89.9 Å². The first kappa shape index (κ1) is 51.0. The van der Waals surface area contributed by atoms with E-state index in [1.807, 2.05) is 0 Å². The lowest BCUT2D eigenvalue weighted by Gasteiger charge is -2.19. The second kappa shape index (κ2) is 39.7. The summed E-state index contributed by atoms with van der Waals surface area (Å²) in [5, 5.41) is 0. The molecule has 0 spiro atoms. The predicted octanol–water partition coefficient (Wildman–Crippen LogP) is 11.9. The molecule has 10 heteroatoms. The Morgan fingerprint density at radius 3 is 1.51 bits per heavy atom. The number of unbranched alkanes of at least 4 members (excludes halogenated alkanes) is 18. The maximum absolute atomic E-state index is 12.6. The Morgan fingerprint density at radius 2 is 0.981 bits per heavy atom. The third kappa shape index (κ3) is 39.5. The Hall–Kier alpha value is -2.03. The van der Waals surface area contributed by atoms with Crippen molar-refractivity contribution in [3.05, 3.63) is 48.6 Å². The minimum atomic E-state index is -4.38. The zero-order valence-corrected chi connectivity index (χ0v) is 34.6. The number of hydrogen-bond donors (Lipinski definition) is 2. The van der Waals surface area contributed by atoms with E-state index < -0.39 is 32.5 Å². The second-order valence-corrected chi connectivity index (χ2v) is 15.3. The lowest BCUT2D eigenvalue weighted by Crippen LogP contribution is -2.29. The molecule has 0 fully saturated rings. The van der Waals surface area contributed by atoms with Gasteiger partial charge in [0.2, 0.25) is 0 Å². The van der Waals surface area contributed by atoms with E-state index in [-0.39, 0.29) is 32.6 Å². The van der Waals surface area contributed by atoms with Crippen LogP contribution in [0.3, 0.4) is 0 Å². The summed E-state index contributed by atoms with van der Waals surface area (Å²) in [6.45, 7) is 3.66. The van der Waals surface area contributed by atoms with Crippen LogP contribution in [-0.2, 0) is 32.7 Å². The van der Waals surface area contributed by atoms with Crippen LogP contribution >= 0.6 is 7.82 Å². The minimum absolute atomic E-state index is 0.0484. The van der Waals surface area contributed by atoms with Crippen LogP contribution in [0.2, 0.25) is 0 Å². The molecule has 9 nitrogen and oxygen atoms in total. The number of phosphoric acid groups is 1. The Bertz CT molecular complexity index is 1010. The van der Waals surface area contributed by atoms with E-state index in [2.05, 4.69) is 62.5 Å². The maximum Gasteiger partial charge on any atom is 0.472 e. The normalized spacial score (nSPS) is 13.8. The highest BCUT2D eigenvalue weighted by Gasteiger charge is 2.26. The van der Waals surface area contributed by atoms with Crippen molar-refractivity contribution in [1.82, 2.24) is 0 Å². The zero-order chi connectivity index (χ0) is 38.9. The molecule has 308 valence electrons. The fourth-order valence-corrected chi connectivity index (χ4v) is 6.28. The molecule has 3 N–H and O–H groups in total. The van der Waals surface area contributed by atoms with E-state index in [4.69, 9.17) is 24.3 Å². The second-order valence-electron chi connectivity index (χ2n) is 13.8. The van der Waals surface area contributed by atoms with Gasteiger partial charge in [-0.05, 0) is 77.0 Å². The Balaban J connectivity index is 4.21. The average molecular weight is 768 g/mol. The molecule has 0 aliphatic heterocycles. The highest BCUT2D eigenvalue weighted by Crippen LogP contribution is 2.43. The average Bonchev–Trinajstić information content (AvgIpc) is 3.14. The van der Waals surface area contributed by atoms with Crippen LogP contribution in [0.25, 0.3) is 0 Å². The highest BCUT2D eigenvalue weighted by molar-refractivity contribution is 7.47. The number of carbonyl (C=O) groups excluding carboxylic acids is 2. The van der Waals surface area contributed by atoms with E-state index in [1.54, 1.807) is 0 Å². The molecule has 0 aliphatic carbocycles. The van der Waals surface area contributed by atoms with Gasteiger partial charge in [0.1, 0.15) is 6.61 Å². The topological polar surface area (TPSA) is 134 Å². The van der Waals surface area contributed by atoms with E-state index in [9.17, 15) is 19.0 Å². The van der Waals surface area contributed by atoms with Gasteiger partial charge in [-0.1, -0.05) is 140 Å². The summed E-state index contributed by atoms with van der Waals surface area (Å²) in [7, 11) is -4.38. The summed E-state index contributed by atoms with van der Waals surface area (Å²) < 4.78 is 32.7. The van der Waals surface area contributed by atoms with Crippen molar-refractivity contribution in [3.63, 3.8) is 0 Å². The molecule has 0 aromatic rings. The predicted molar refractivity (Wildman–Crippen MR) is 220 cm³/mol. The third-order valence-electron chi connectivity index (χ3n) is 8.69. The van der Waals surface area contributed by atoms with Crippen LogP contribution in [0.15, 0.2) is 48.6 Å². The van der Waals surface area contributed by atoms with Crippen molar-refractivity contribution in [1.29, 1.82) is 0 Å². The van der Waals surface area contributed by atoms with Crippen molar-refractivity contribution in [2.24, 2.45) is 5.73 Å². The molecule has 0 heterocycles. The molecule has 2 atom stereocenters. The molecule has 0 bridgehead atoms. The minimum Gasteiger partial charge on any atom is -0.462 e.